The molecule has 1 aromatic rings. The molecule has 18 heavy (non-hydrogen) atoms. The van der Waals surface area contributed by atoms with E-state index in [0.29, 0.717) is 0 Å². The van der Waals surface area contributed by atoms with Crippen LogP contribution in [0.5, 0.6) is 0 Å². The lowest BCUT2D eigenvalue weighted by Gasteiger charge is -2.19. The van der Waals surface area contributed by atoms with Crippen LogP contribution in [0.3, 0.4) is 0 Å². The number of carbonyl (C=O) groups excluding carboxylic acids is 2. The van der Waals surface area contributed by atoms with Crippen LogP contribution in [0.2, 0.25) is 0 Å². The second-order valence-corrected chi connectivity index (χ2v) is 4.84. The molecule has 0 aliphatic carbocycles. The van der Waals surface area contributed by atoms with Crippen molar-refractivity contribution in [2.75, 3.05) is 11.8 Å². The number of hydrogen-bond donors (Lipinski definition) is 2. The molecule has 0 aromatic heterocycles. The third-order valence-electron chi connectivity index (χ3n) is 2.06. The van der Waals surface area contributed by atoms with Gasteiger partial charge in [0.25, 0.3) is 0 Å². The molecule has 0 aliphatic rings. The van der Waals surface area contributed by atoms with Crippen LogP contribution in [0.25, 0.3) is 0 Å². The zero-order chi connectivity index (χ0) is 13.5. The van der Waals surface area contributed by atoms with Gasteiger partial charge in [0.15, 0.2) is 0 Å². The molecule has 2 N–H and O–H groups in total. The van der Waals surface area contributed by atoms with E-state index in [-0.39, 0.29) is 23.6 Å². The van der Waals surface area contributed by atoms with E-state index < -0.39 is 6.17 Å². The molecule has 2 amide bonds. The highest BCUT2D eigenvalue weighted by molar-refractivity contribution is 9.10. The minimum atomic E-state index is -0.643. The number of rotatable bonds is 5. The first kappa shape index (κ1) is 15.3. The van der Waals surface area contributed by atoms with Crippen LogP contribution in [0.4, 0.5) is 0 Å². The smallest absolute Gasteiger partial charge is 0.236 e. The van der Waals surface area contributed by atoms with E-state index in [1.165, 1.54) is 0 Å². The second kappa shape index (κ2) is 7.61. The van der Waals surface area contributed by atoms with E-state index >= 15 is 0 Å². The maximum absolute atomic E-state index is 11.3. The van der Waals surface area contributed by atoms with Gasteiger partial charge in [0.1, 0.15) is 17.9 Å². The highest BCUT2D eigenvalue weighted by Crippen LogP contribution is 2.15. The highest BCUT2D eigenvalue weighted by Gasteiger charge is 2.15. The average molecular weight is 354 g/mol. The van der Waals surface area contributed by atoms with E-state index in [2.05, 4.69) is 26.6 Å². The van der Waals surface area contributed by atoms with E-state index in [9.17, 15) is 9.59 Å². The summed E-state index contributed by atoms with van der Waals surface area (Å²) in [6.07, 6.45) is -0.643. The number of amides is 2. The molecule has 7 heteroatoms. The zero-order valence-corrected chi connectivity index (χ0v) is 12.3. The number of benzene rings is 1. The monoisotopic (exact) mass is 352 g/mol. The number of hydrogen-bond acceptors (Lipinski definition) is 2. The van der Waals surface area contributed by atoms with Gasteiger partial charge in [-0.3, -0.25) is 9.59 Å². The summed E-state index contributed by atoms with van der Waals surface area (Å²) >= 11 is 14.1. The first-order chi connectivity index (χ1) is 8.56. The van der Waals surface area contributed by atoms with Gasteiger partial charge in [0.2, 0.25) is 11.8 Å². The topological polar surface area (TPSA) is 58.2 Å². The molecule has 0 radical (unpaired) electrons. The molecule has 1 aromatic carbocycles. The number of alkyl halides is 2. The summed E-state index contributed by atoms with van der Waals surface area (Å²) in [5.41, 5.74) is 0.732. The molecular formula is C11H11BrCl2N2O2. The van der Waals surface area contributed by atoms with Crippen LogP contribution in [-0.4, -0.2) is 23.6 Å². The van der Waals surface area contributed by atoms with Crippen LogP contribution in [0.15, 0.2) is 28.7 Å². The lowest BCUT2D eigenvalue weighted by Crippen LogP contribution is -2.42. The normalized spacial score (nSPS) is 10.2. The minimum Gasteiger partial charge on any atom is -0.331 e. The Bertz CT molecular complexity index is 408. The van der Waals surface area contributed by atoms with E-state index in [4.69, 9.17) is 23.2 Å². The summed E-state index contributed by atoms with van der Waals surface area (Å²) in [5.74, 6) is -1.10. The number of carbonyl (C=O) groups is 2. The maximum Gasteiger partial charge on any atom is 0.236 e. The van der Waals surface area contributed by atoms with Crippen molar-refractivity contribution in [2.24, 2.45) is 0 Å². The fourth-order valence-corrected chi connectivity index (χ4v) is 1.68. The maximum atomic E-state index is 11.3. The SMILES string of the molecule is O=C(CCl)NC(NC(=O)CCl)c1ccc(Br)cc1. The predicted molar refractivity (Wildman–Crippen MR) is 74.6 cm³/mol. The quantitative estimate of drug-likeness (QED) is 0.629. The fourth-order valence-electron chi connectivity index (χ4n) is 1.26. The van der Waals surface area contributed by atoms with Crippen molar-refractivity contribution in [3.8, 4) is 0 Å². The fraction of sp³-hybridized carbons (Fsp3) is 0.273. The molecule has 0 saturated carbocycles. The first-order valence-corrected chi connectivity index (χ1v) is 6.89. The highest BCUT2D eigenvalue weighted by atomic mass is 79.9. The average Bonchev–Trinajstić information content (AvgIpc) is 2.38. The molecule has 0 atom stereocenters. The van der Waals surface area contributed by atoms with Gasteiger partial charge in [-0.05, 0) is 17.7 Å². The standard InChI is InChI=1S/C11H11BrCl2N2O2/c12-8-3-1-7(2-4-8)11(15-9(17)5-13)16-10(18)6-14/h1-4,11H,5-6H2,(H,15,17)(H,16,18). The van der Waals surface area contributed by atoms with Crippen LogP contribution in [0, 0.1) is 0 Å². The Morgan fingerprint density at radius 2 is 1.50 bits per heavy atom. The Kier molecular flexibility index (Phi) is 6.46. The molecule has 0 bridgehead atoms. The Hall–Kier alpha value is -0.780. The van der Waals surface area contributed by atoms with Gasteiger partial charge < -0.3 is 10.6 Å². The van der Waals surface area contributed by atoms with Gasteiger partial charge in [-0.1, -0.05) is 28.1 Å². The zero-order valence-electron chi connectivity index (χ0n) is 9.25. The first-order valence-electron chi connectivity index (χ1n) is 5.03. The van der Waals surface area contributed by atoms with Crippen LogP contribution < -0.4 is 10.6 Å². The lowest BCUT2D eigenvalue weighted by molar-refractivity contribution is -0.122. The second-order valence-electron chi connectivity index (χ2n) is 3.39. The largest absolute Gasteiger partial charge is 0.331 e. The summed E-state index contributed by atoms with van der Waals surface area (Å²) in [4.78, 5) is 22.6. The molecule has 0 unspecified atom stereocenters. The Balaban J connectivity index is 2.85. The molecule has 4 nitrogen and oxygen atoms in total. The van der Waals surface area contributed by atoms with Crippen molar-refractivity contribution in [1.29, 1.82) is 0 Å². The predicted octanol–water partition coefficient (Wildman–Crippen LogP) is 2.16. The van der Waals surface area contributed by atoms with Crippen molar-refractivity contribution < 1.29 is 9.59 Å². The lowest BCUT2D eigenvalue weighted by atomic mass is 10.1. The Morgan fingerprint density at radius 1 is 1.06 bits per heavy atom. The number of nitrogens with one attached hydrogen (secondary N) is 2. The summed E-state index contributed by atoms with van der Waals surface area (Å²) in [6, 6.07) is 7.17. The molecule has 0 aliphatic heterocycles. The van der Waals surface area contributed by atoms with Crippen LogP contribution >= 0.6 is 39.1 Å². The summed E-state index contributed by atoms with van der Waals surface area (Å²) in [6.45, 7) is 0. The van der Waals surface area contributed by atoms with Gasteiger partial charge in [-0.2, -0.15) is 0 Å². The Labute approximate surface area is 123 Å². The minimum absolute atomic E-state index is 0.177. The van der Waals surface area contributed by atoms with Gasteiger partial charge in [0, 0.05) is 4.47 Å². The molecular weight excluding hydrogens is 343 g/mol. The van der Waals surface area contributed by atoms with Gasteiger partial charge in [0.05, 0.1) is 0 Å². The van der Waals surface area contributed by atoms with E-state index in [1.54, 1.807) is 12.1 Å². The van der Waals surface area contributed by atoms with Crippen molar-refractivity contribution >= 4 is 50.9 Å². The molecule has 0 saturated heterocycles. The van der Waals surface area contributed by atoms with Crippen molar-refractivity contribution in [3.63, 3.8) is 0 Å². The van der Waals surface area contributed by atoms with Crippen molar-refractivity contribution in [1.82, 2.24) is 10.6 Å². The molecule has 0 heterocycles. The van der Waals surface area contributed by atoms with Crippen LogP contribution in [0.1, 0.15) is 11.7 Å². The number of halogens is 3. The van der Waals surface area contributed by atoms with Crippen LogP contribution in [-0.2, 0) is 9.59 Å². The summed E-state index contributed by atoms with van der Waals surface area (Å²) in [7, 11) is 0. The molecule has 1 rings (SSSR count). The third kappa shape index (κ3) is 4.84. The van der Waals surface area contributed by atoms with Crippen molar-refractivity contribution in [2.45, 2.75) is 6.17 Å². The summed E-state index contributed by atoms with van der Waals surface area (Å²) < 4.78 is 0.900. The van der Waals surface area contributed by atoms with Gasteiger partial charge in [-0.15, -0.1) is 23.2 Å². The molecule has 98 valence electrons. The van der Waals surface area contributed by atoms with E-state index in [0.717, 1.165) is 10.0 Å². The van der Waals surface area contributed by atoms with Gasteiger partial charge >= 0.3 is 0 Å². The van der Waals surface area contributed by atoms with Gasteiger partial charge in [-0.25, -0.2) is 0 Å². The third-order valence-corrected chi connectivity index (χ3v) is 3.07. The van der Waals surface area contributed by atoms with E-state index in [1.807, 2.05) is 12.1 Å². The van der Waals surface area contributed by atoms with Crippen molar-refractivity contribution in [3.05, 3.63) is 34.3 Å². The summed E-state index contributed by atoms with van der Waals surface area (Å²) in [5, 5.41) is 5.18. The Morgan fingerprint density at radius 3 is 1.89 bits per heavy atom. The molecule has 0 fully saturated rings. The molecule has 0 spiro atoms.